The van der Waals surface area contributed by atoms with Crippen molar-refractivity contribution >= 4 is 77.0 Å². The van der Waals surface area contributed by atoms with Crippen LogP contribution in [0.15, 0.2) is 180 Å². The molecule has 0 N–H and O–H groups in total. The zero-order chi connectivity index (χ0) is 34.6. The molecular weight excluding hydrogens is 665 g/mol. The van der Waals surface area contributed by atoms with Crippen molar-refractivity contribution in [2.75, 3.05) is 0 Å². The summed E-state index contributed by atoms with van der Waals surface area (Å²) in [5.41, 5.74) is 11.3. The molecule has 8 aromatic carbocycles. The Hall–Kier alpha value is -6.69. The van der Waals surface area contributed by atoms with Crippen LogP contribution in [0, 0.1) is 0 Å². The van der Waals surface area contributed by atoms with E-state index in [4.69, 9.17) is 9.97 Å². The number of rotatable bonds is 3. The van der Waals surface area contributed by atoms with Gasteiger partial charge in [0.1, 0.15) is 0 Å². The SMILES string of the molecule is c1ccc2c(c1)Sc1cccc3nc(-n4c5ccccc5c5cc(-c6ccc7c(c6)c6ccccc6n7-c6cccc7ccccc67)ccc54)nc-2c13. The molecule has 4 heterocycles. The lowest BCUT2D eigenvalue weighted by Gasteiger charge is -2.20. The van der Waals surface area contributed by atoms with Crippen LogP contribution >= 0.6 is 11.8 Å². The predicted molar refractivity (Wildman–Crippen MR) is 221 cm³/mol. The zero-order valence-corrected chi connectivity index (χ0v) is 29.2. The second-order valence-electron chi connectivity index (χ2n) is 13.8. The molecule has 0 aliphatic carbocycles. The quantitative estimate of drug-likeness (QED) is 0.185. The monoisotopic (exact) mass is 692 g/mol. The van der Waals surface area contributed by atoms with E-state index in [0.29, 0.717) is 5.95 Å². The van der Waals surface area contributed by atoms with Crippen LogP contribution in [0.3, 0.4) is 0 Å². The fraction of sp³-hybridized carbons (Fsp3) is 0. The summed E-state index contributed by atoms with van der Waals surface area (Å²) in [6.45, 7) is 0. The molecule has 0 atom stereocenters. The number of nitrogens with zero attached hydrogens (tertiary/aromatic N) is 4. The summed E-state index contributed by atoms with van der Waals surface area (Å²) >= 11 is 1.80. The Morgan fingerprint density at radius 1 is 0.415 bits per heavy atom. The third-order valence-electron chi connectivity index (χ3n) is 10.9. The van der Waals surface area contributed by atoms with Crippen LogP contribution in [-0.2, 0) is 0 Å². The molecule has 0 unspecified atom stereocenters. The summed E-state index contributed by atoms with van der Waals surface area (Å²) in [6.07, 6.45) is 0. The highest BCUT2D eigenvalue weighted by Gasteiger charge is 2.24. The molecule has 3 aromatic heterocycles. The minimum Gasteiger partial charge on any atom is -0.309 e. The van der Waals surface area contributed by atoms with E-state index in [1.54, 1.807) is 11.8 Å². The van der Waals surface area contributed by atoms with Gasteiger partial charge in [0.25, 0.3) is 0 Å². The first-order valence-electron chi connectivity index (χ1n) is 17.9. The Balaban J connectivity index is 1.06. The molecule has 5 heteroatoms. The number of aromatic nitrogens is 4. The smallest absolute Gasteiger partial charge is 0.235 e. The number of fused-ring (bicyclic) bond motifs is 9. The largest absolute Gasteiger partial charge is 0.309 e. The van der Waals surface area contributed by atoms with E-state index in [2.05, 4.69) is 179 Å². The molecule has 0 spiro atoms. The zero-order valence-electron chi connectivity index (χ0n) is 28.4. The van der Waals surface area contributed by atoms with Crippen LogP contribution in [0.4, 0.5) is 0 Å². The van der Waals surface area contributed by atoms with Crippen molar-refractivity contribution in [3.8, 4) is 34.0 Å². The maximum absolute atomic E-state index is 5.34. The molecule has 53 heavy (non-hydrogen) atoms. The van der Waals surface area contributed by atoms with Gasteiger partial charge >= 0.3 is 0 Å². The van der Waals surface area contributed by atoms with Crippen molar-refractivity contribution < 1.29 is 0 Å². The van der Waals surface area contributed by atoms with Crippen LogP contribution in [0.5, 0.6) is 0 Å². The maximum atomic E-state index is 5.34. The van der Waals surface area contributed by atoms with Crippen molar-refractivity contribution in [3.05, 3.63) is 170 Å². The summed E-state index contributed by atoms with van der Waals surface area (Å²) in [6, 6.07) is 61.3. The molecule has 0 amide bonds. The van der Waals surface area contributed by atoms with Crippen molar-refractivity contribution in [3.63, 3.8) is 0 Å². The molecule has 0 bridgehead atoms. The average Bonchev–Trinajstić information content (AvgIpc) is 3.73. The van der Waals surface area contributed by atoms with Crippen LogP contribution in [0.1, 0.15) is 0 Å². The van der Waals surface area contributed by atoms with Gasteiger partial charge in [0.2, 0.25) is 5.95 Å². The van der Waals surface area contributed by atoms with Crippen LogP contribution in [0.25, 0.3) is 99.3 Å². The van der Waals surface area contributed by atoms with Gasteiger partial charge in [-0.25, -0.2) is 9.97 Å². The molecule has 4 nitrogen and oxygen atoms in total. The molecule has 0 saturated carbocycles. The summed E-state index contributed by atoms with van der Waals surface area (Å²) in [7, 11) is 0. The lowest BCUT2D eigenvalue weighted by molar-refractivity contribution is 1.01. The first kappa shape index (κ1) is 28.9. The maximum Gasteiger partial charge on any atom is 0.235 e. The second kappa shape index (κ2) is 10.9. The fourth-order valence-corrected chi connectivity index (χ4v) is 9.68. The van der Waals surface area contributed by atoms with Gasteiger partial charge in [-0.05, 0) is 77.2 Å². The van der Waals surface area contributed by atoms with Gasteiger partial charge in [-0.2, -0.15) is 0 Å². The van der Waals surface area contributed by atoms with E-state index >= 15 is 0 Å². The second-order valence-corrected chi connectivity index (χ2v) is 14.9. The molecule has 0 radical (unpaired) electrons. The highest BCUT2D eigenvalue weighted by molar-refractivity contribution is 7.99. The average molecular weight is 693 g/mol. The third kappa shape index (κ3) is 4.14. The minimum absolute atomic E-state index is 0.688. The van der Waals surface area contributed by atoms with Crippen molar-refractivity contribution in [2.24, 2.45) is 0 Å². The molecule has 11 aromatic rings. The normalized spacial score (nSPS) is 12.5. The Kier molecular flexibility index (Phi) is 5.96. The highest BCUT2D eigenvalue weighted by atomic mass is 32.2. The molecule has 12 rings (SSSR count). The van der Waals surface area contributed by atoms with Crippen LogP contribution < -0.4 is 0 Å². The van der Waals surface area contributed by atoms with Crippen LogP contribution in [-0.4, -0.2) is 19.1 Å². The lowest BCUT2D eigenvalue weighted by atomic mass is 10.0. The number of hydrogen-bond donors (Lipinski definition) is 0. The van der Waals surface area contributed by atoms with Gasteiger partial charge in [-0.3, -0.25) is 4.57 Å². The molecule has 0 saturated heterocycles. The van der Waals surface area contributed by atoms with Gasteiger partial charge < -0.3 is 4.57 Å². The van der Waals surface area contributed by atoms with Crippen molar-refractivity contribution in [1.29, 1.82) is 0 Å². The van der Waals surface area contributed by atoms with Crippen molar-refractivity contribution in [1.82, 2.24) is 19.1 Å². The standard InChI is InChI=1S/C48H28N4S/c1-2-13-32-29(11-1)12-9-20-39(32)51-40-18-6-3-14-33(40)36-27-30(23-25-42(36)51)31-24-26-43-37(28-31)34-15-4-7-19-41(34)52(43)48-49-38-17-10-22-45-46(38)47(50-48)35-16-5-8-21-44(35)53-45/h1-28H. The van der Waals surface area contributed by atoms with Crippen LogP contribution in [0.2, 0.25) is 0 Å². The van der Waals surface area contributed by atoms with E-state index in [0.717, 1.165) is 33.2 Å². The molecule has 0 fully saturated rings. The first-order valence-corrected chi connectivity index (χ1v) is 18.7. The van der Waals surface area contributed by atoms with E-state index in [-0.39, 0.29) is 0 Å². The minimum atomic E-state index is 0.688. The molecule has 246 valence electrons. The summed E-state index contributed by atoms with van der Waals surface area (Å²) in [5, 5.41) is 8.45. The van der Waals surface area contributed by atoms with Gasteiger partial charge in [0.05, 0.1) is 39.0 Å². The first-order chi connectivity index (χ1) is 26.3. The number of hydrogen-bond acceptors (Lipinski definition) is 3. The summed E-state index contributed by atoms with van der Waals surface area (Å²) in [5.74, 6) is 0.688. The molecular formula is C48H28N4S. The number of para-hydroxylation sites is 2. The molecule has 1 aliphatic rings. The van der Waals surface area contributed by atoms with E-state index in [9.17, 15) is 0 Å². The summed E-state index contributed by atoms with van der Waals surface area (Å²) in [4.78, 5) is 13.0. The third-order valence-corrected chi connectivity index (χ3v) is 12.1. The van der Waals surface area contributed by atoms with E-state index < -0.39 is 0 Å². The van der Waals surface area contributed by atoms with Crippen molar-refractivity contribution in [2.45, 2.75) is 9.79 Å². The van der Waals surface area contributed by atoms with Gasteiger partial charge in [0.15, 0.2) is 0 Å². The number of benzene rings is 8. The Morgan fingerprint density at radius 2 is 1.00 bits per heavy atom. The predicted octanol–water partition coefficient (Wildman–Crippen LogP) is 12.8. The lowest BCUT2D eigenvalue weighted by Crippen LogP contribution is -2.05. The fourth-order valence-electron chi connectivity index (χ4n) is 8.57. The Morgan fingerprint density at radius 3 is 1.79 bits per heavy atom. The highest BCUT2D eigenvalue weighted by Crippen LogP contribution is 2.47. The Labute approximate surface area is 308 Å². The van der Waals surface area contributed by atoms with Gasteiger partial charge in [-0.15, -0.1) is 0 Å². The molecule has 1 aliphatic heterocycles. The topological polar surface area (TPSA) is 35.6 Å². The van der Waals surface area contributed by atoms with Gasteiger partial charge in [0, 0.05) is 47.7 Å². The Bertz CT molecular complexity index is 3330. The van der Waals surface area contributed by atoms with E-state index in [1.807, 2.05) is 0 Å². The van der Waals surface area contributed by atoms with E-state index in [1.165, 1.54) is 70.0 Å². The van der Waals surface area contributed by atoms with Gasteiger partial charge in [-0.1, -0.05) is 121 Å². The summed E-state index contributed by atoms with van der Waals surface area (Å²) < 4.78 is 4.66.